The van der Waals surface area contributed by atoms with Gasteiger partial charge in [0, 0.05) is 17.5 Å². The largest absolute Gasteiger partial charge is 0.497 e. The Bertz CT molecular complexity index is 807. The first-order valence-electron chi connectivity index (χ1n) is 8.74. The predicted octanol–water partition coefficient (Wildman–Crippen LogP) is 4.65. The van der Waals surface area contributed by atoms with Crippen LogP contribution in [0.3, 0.4) is 0 Å². The number of benzene rings is 3. The van der Waals surface area contributed by atoms with Crippen molar-refractivity contribution in [3.63, 3.8) is 0 Å². The summed E-state index contributed by atoms with van der Waals surface area (Å²) in [7, 11) is 1.60. The van der Waals surface area contributed by atoms with Crippen LogP contribution in [0.1, 0.15) is 34.3 Å². The third-order valence-corrected chi connectivity index (χ3v) is 4.51. The molecule has 0 fully saturated rings. The molecule has 3 heteroatoms. The van der Waals surface area contributed by atoms with Gasteiger partial charge in [-0.05, 0) is 36.2 Å². The van der Waals surface area contributed by atoms with Gasteiger partial charge in [-0.1, -0.05) is 66.7 Å². The van der Waals surface area contributed by atoms with Gasteiger partial charge in [0.25, 0.3) is 5.91 Å². The van der Waals surface area contributed by atoms with Gasteiger partial charge < -0.3 is 10.1 Å². The molecule has 0 heterocycles. The Morgan fingerprint density at radius 2 is 1.42 bits per heavy atom. The van der Waals surface area contributed by atoms with Crippen LogP contribution >= 0.6 is 0 Å². The van der Waals surface area contributed by atoms with Crippen LogP contribution in [0.5, 0.6) is 5.75 Å². The zero-order chi connectivity index (χ0) is 18.4. The van der Waals surface area contributed by atoms with Crippen LogP contribution < -0.4 is 10.1 Å². The molecule has 0 saturated heterocycles. The second kappa shape index (κ2) is 8.34. The third-order valence-electron chi connectivity index (χ3n) is 4.51. The molecule has 0 radical (unpaired) electrons. The lowest BCUT2D eigenvalue weighted by Gasteiger charge is -2.26. The molecular formula is C23H23NO2. The summed E-state index contributed by atoms with van der Waals surface area (Å²) >= 11 is 0. The van der Waals surface area contributed by atoms with Crippen LogP contribution in [-0.2, 0) is 0 Å². The molecule has 3 rings (SSSR count). The topological polar surface area (TPSA) is 38.3 Å². The number of nitrogens with one attached hydrogen (secondary N) is 1. The maximum Gasteiger partial charge on any atom is 0.251 e. The summed E-state index contributed by atoms with van der Waals surface area (Å²) in [5, 5.41) is 3.15. The fourth-order valence-electron chi connectivity index (χ4n) is 3.23. The minimum Gasteiger partial charge on any atom is -0.497 e. The molecule has 3 aromatic carbocycles. The molecule has 0 saturated carbocycles. The summed E-state index contributed by atoms with van der Waals surface area (Å²) in [6.07, 6.45) is 0. The summed E-state index contributed by atoms with van der Waals surface area (Å²) in [6, 6.07) is 27.7. The van der Waals surface area contributed by atoms with Crippen molar-refractivity contribution in [3.05, 3.63) is 102 Å². The van der Waals surface area contributed by atoms with Gasteiger partial charge in [0.2, 0.25) is 0 Å². The van der Waals surface area contributed by atoms with Crippen molar-refractivity contribution < 1.29 is 9.53 Å². The second-order valence-electron chi connectivity index (χ2n) is 6.29. The molecule has 0 aliphatic rings. The Hall–Kier alpha value is -3.07. The zero-order valence-electron chi connectivity index (χ0n) is 15.1. The van der Waals surface area contributed by atoms with E-state index in [1.54, 1.807) is 19.2 Å². The van der Waals surface area contributed by atoms with Gasteiger partial charge in [-0.2, -0.15) is 0 Å². The molecule has 0 aliphatic heterocycles. The number of hydrogen-bond donors (Lipinski definition) is 1. The van der Waals surface area contributed by atoms with Crippen molar-refractivity contribution in [2.24, 2.45) is 0 Å². The zero-order valence-corrected chi connectivity index (χ0v) is 15.1. The van der Waals surface area contributed by atoms with E-state index in [0.717, 1.165) is 0 Å². The Balaban J connectivity index is 1.86. The Morgan fingerprint density at radius 3 is 1.96 bits per heavy atom. The van der Waals surface area contributed by atoms with E-state index in [4.69, 9.17) is 4.74 Å². The fraction of sp³-hybridized carbons (Fsp3) is 0.174. The summed E-state index contributed by atoms with van der Waals surface area (Å²) in [6.45, 7) is 2.04. The molecule has 1 N–H and O–H groups in total. The number of carbonyl (C=O) groups excluding carboxylic acids is 1. The number of carbonyl (C=O) groups is 1. The second-order valence-corrected chi connectivity index (χ2v) is 6.29. The van der Waals surface area contributed by atoms with E-state index in [0.29, 0.717) is 11.3 Å². The van der Waals surface area contributed by atoms with Gasteiger partial charge in [0.15, 0.2) is 0 Å². The summed E-state index contributed by atoms with van der Waals surface area (Å²) in [5.74, 6) is 0.646. The van der Waals surface area contributed by atoms with E-state index in [-0.39, 0.29) is 17.9 Å². The van der Waals surface area contributed by atoms with Crippen LogP contribution in [0.25, 0.3) is 0 Å². The summed E-state index contributed by atoms with van der Waals surface area (Å²) in [4.78, 5) is 12.7. The molecule has 132 valence electrons. The molecule has 1 amide bonds. The lowest BCUT2D eigenvalue weighted by Crippen LogP contribution is -2.37. The number of rotatable bonds is 6. The first-order valence-corrected chi connectivity index (χ1v) is 8.74. The maximum atomic E-state index is 12.7. The van der Waals surface area contributed by atoms with Crippen molar-refractivity contribution >= 4 is 5.91 Å². The van der Waals surface area contributed by atoms with E-state index in [9.17, 15) is 4.79 Å². The van der Waals surface area contributed by atoms with E-state index >= 15 is 0 Å². The highest BCUT2D eigenvalue weighted by Gasteiger charge is 2.23. The third kappa shape index (κ3) is 4.12. The van der Waals surface area contributed by atoms with Crippen molar-refractivity contribution in [2.45, 2.75) is 18.9 Å². The molecule has 1 atom stereocenters. The van der Waals surface area contributed by atoms with Crippen molar-refractivity contribution in [1.82, 2.24) is 5.32 Å². The van der Waals surface area contributed by atoms with Crippen LogP contribution in [0, 0.1) is 0 Å². The molecule has 0 aliphatic carbocycles. The fourth-order valence-corrected chi connectivity index (χ4v) is 3.23. The summed E-state index contributed by atoms with van der Waals surface area (Å²) in [5.41, 5.74) is 2.95. The maximum absolute atomic E-state index is 12.7. The SMILES string of the molecule is COc1cccc(C(=O)NC(C)C(c2ccccc2)c2ccccc2)c1. The number of amides is 1. The molecule has 0 spiro atoms. The minimum atomic E-state index is -0.103. The first-order chi connectivity index (χ1) is 12.7. The predicted molar refractivity (Wildman–Crippen MR) is 105 cm³/mol. The molecule has 26 heavy (non-hydrogen) atoms. The van der Waals surface area contributed by atoms with E-state index in [1.165, 1.54) is 11.1 Å². The van der Waals surface area contributed by atoms with Crippen molar-refractivity contribution in [1.29, 1.82) is 0 Å². The van der Waals surface area contributed by atoms with Gasteiger partial charge >= 0.3 is 0 Å². The van der Waals surface area contributed by atoms with Gasteiger partial charge in [0.05, 0.1) is 7.11 Å². The Labute approximate surface area is 154 Å². The van der Waals surface area contributed by atoms with E-state index in [2.05, 4.69) is 29.6 Å². The molecule has 3 nitrogen and oxygen atoms in total. The van der Waals surface area contributed by atoms with Gasteiger partial charge in [-0.15, -0.1) is 0 Å². The summed E-state index contributed by atoms with van der Waals surface area (Å²) < 4.78 is 5.22. The van der Waals surface area contributed by atoms with Crippen molar-refractivity contribution in [2.75, 3.05) is 7.11 Å². The number of methoxy groups -OCH3 is 1. The minimum absolute atomic E-state index is 0.0708. The quantitative estimate of drug-likeness (QED) is 0.706. The standard InChI is InChI=1S/C23H23NO2/c1-17(24-23(25)20-14-9-15-21(16-20)26-2)22(18-10-5-3-6-11-18)19-12-7-4-8-13-19/h3-17,22H,1-2H3,(H,24,25). The van der Waals surface area contributed by atoms with E-state index < -0.39 is 0 Å². The van der Waals surface area contributed by atoms with Gasteiger partial charge in [-0.3, -0.25) is 4.79 Å². The highest BCUT2D eigenvalue weighted by Crippen LogP contribution is 2.28. The normalized spacial score (nSPS) is 11.8. The Morgan fingerprint density at radius 1 is 0.846 bits per heavy atom. The lowest BCUT2D eigenvalue weighted by molar-refractivity contribution is 0.0936. The van der Waals surface area contributed by atoms with Gasteiger partial charge in [-0.25, -0.2) is 0 Å². The highest BCUT2D eigenvalue weighted by molar-refractivity contribution is 5.94. The number of hydrogen-bond acceptors (Lipinski definition) is 2. The average Bonchev–Trinajstić information content (AvgIpc) is 2.70. The number of ether oxygens (including phenoxy) is 1. The Kier molecular flexibility index (Phi) is 5.69. The van der Waals surface area contributed by atoms with E-state index in [1.807, 2.05) is 55.5 Å². The lowest BCUT2D eigenvalue weighted by atomic mass is 9.85. The molecule has 0 bridgehead atoms. The monoisotopic (exact) mass is 345 g/mol. The average molecular weight is 345 g/mol. The highest BCUT2D eigenvalue weighted by atomic mass is 16.5. The van der Waals surface area contributed by atoms with Crippen LogP contribution in [0.4, 0.5) is 0 Å². The van der Waals surface area contributed by atoms with Gasteiger partial charge in [0.1, 0.15) is 5.75 Å². The van der Waals surface area contributed by atoms with Crippen LogP contribution in [0.2, 0.25) is 0 Å². The van der Waals surface area contributed by atoms with Crippen molar-refractivity contribution in [3.8, 4) is 5.75 Å². The first kappa shape index (κ1) is 17.7. The van der Waals surface area contributed by atoms with Crippen LogP contribution in [-0.4, -0.2) is 19.1 Å². The molecule has 3 aromatic rings. The smallest absolute Gasteiger partial charge is 0.251 e. The van der Waals surface area contributed by atoms with Crippen LogP contribution in [0.15, 0.2) is 84.9 Å². The molecule has 0 aromatic heterocycles. The molecule has 1 unspecified atom stereocenters. The molecular weight excluding hydrogens is 322 g/mol.